The van der Waals surface area contributed by atoms with Crippen molar-refractivity contribution in [2.45, 2.75) is 25.9 Å². The minimum atomic E-state index is -1.13. The number of carbonyl (C=O) groups is 1. The Balaban J connectivity index is 2.03. The van der Waals surface area contributed by atoms with E-state index in [0.717, 1.165) is 0 Å². The van der Waals surface area contributed by atoms with Gasteiger partial charge in [-0.15, -0.1) is 0 Å². The number of rotatable bonds is 2. The third kappa shape index (κ3) is 2.21. The van der Waals surface area contributed by atoms with Gasteiger partial charge in [0.1, 0.15) is 12.4 Å². The Morgan fingerprint density at radius 2 is 2.29 bits per heavy atom. The number of hydrogen-bond acceptors (Lipinski definition) is 6. The molecule has 7 heteroatoms. The first-order valence-electron chi connectivity index (χ1n) is 5.45. The summed E-state index contributed by atoms with van der Waals surface area (Å²) in [4.78, 5) is 12.8. The van der Waals surface area contributed by atoms with Crippen LogP contribution >= 0.6 is 0 Å². The van der Waals surface area contributed by atoms with Crippen LogP contribution in [-0.4, -0.2) is 51.9 Å². The van der Waals surface area contributed by atoms with Crippen LogP contribution in [-0.2, 0) is 9.53 Å². The molecule has 0 saturated carbocycles. The van der Waals surface area contributed by atoms with Crippen molar-refractivity contribution in [3.8, 4) is 0 Å². The second-order valence-electron chi connectivity index (χ2n) is 4.28. The van der Waals surface area contributed by atoms with Gasteiger partial charge in [0.15, 0.2) is 18.3 Å². The lowest BCUT2D eigenvalue weighted by atomic mass is 10.1. The van der Waals surface area contributed by atoms with Gasteiger partial charge in [-0.25, -0.2) is 4.90 Å². The van der Waals surface area contributed by atoms with Gasteiger partial charge >= 0.3 is 0 Å². The van der Waals surface area contributed by atoms with E-state index in [1.165, 1.54) is 4.90 Å². The van der Waals surface area contributed by atoms with Crippen LogP contribution in [0.1, 0.15) is 13.3 Å². The van der Waals surface area contributed by atoms with Gasteiger partial charge in [0.05, 0.1) is 6.42 Å². The summed E-state index contributed by atoms with van der Waals surface area (Å²) in [5.41, 5.74) is 0. The third-order valence-electron chi connectivity index (χ3n) is 3.00. The fraction of sp³-hybridized carbons (Fsp3) is 0.700. The number of ether oxygens (including phenoxy) is 1. The Morgan fingerprint density at radius 3 is 2.88 bits per heavy atom. The Hall–Kier alpha value is -1.31. The molecule has 96 valence electrons. The minimum absolute atomic E-state index is 0.0192. The highest BCUT2D eigenvalue weighted by Gasteiger charge is 2.39. The molecular weight excluding hydrogens is 228 g/mol. The first-order valence-corrected chi connectivity index (χ1v) is 5.45. The van der Waals surface area contributed by atoms with E-state index in [1.54, 1.807) is 6.92 Å². The van der Waals surface area contributed by atoms with Crippen LogP contribution in [0.3, 0.4) is 0 Å². The van der Waals surface area contributed by atoms with Gasteiger partial charge < -0.3 is 25.4 Å². The van der Waals surface area contributed by atoms with Gasteiger partial charge in [0.2, 0.25) is 5.91 Å². The topological polar surface area (TPSA) is 102 Å². The van der Waals surface area contributed by atoms with Crippen molar-refractivity contribution in [3.63, 3.8) is 0 Å². The molecule has 2 rings (SSSR count). The maximum absolute atomic E-state index is 11.3. The average molecular weight is 244 g/mol. The first-order chi connectivity index (χ1) is 8.02. The summed E-state index contributed by atoms with van der Waals surface area (Å²) < 4.78 is 5.31. The van der Waals surface area contributed by atoms with Crippen LogP contribution in [0.2, 0.25) is 0 Å². The molecule has 2 aliphatic heterocycles. The van der Waals surface area contributed by atoms with Gasteiger partial charge in [-0.1, -0.05) is 6.92 Å². The van der Waals surface area contributed by atoms with Crippen molar-refractivity contribution in [2.75, 3.05) is 13.2 Å². The largest absolute Gasteiger partial charge is 0.509 e. The molecule has 2 aliphatic rings. The second-order valence-corrected chi connectivity index (χ2v) is 4.28. The molecule has 7 nitrogen and oxygen atoms in total. The van der Waals surface area contributed by atoms with Crippen LogP contribution < -0.4 is 5.32 Å². The zero-order valence-corrected chi connectivity index (χ0v) is 9.46. The summed E-state index contributed by atoms with van der Waals surface area (Å²) in [5.74, 6) is -0.380. The van der Waals surface area contributed by atoms with Gasteiger partial charge in [0.25, 0.3) is 0 Å². The number of nitrogens with zero attached hydrogens (tertiary/aromatic N) is 1. The smallest absolute Gasteiger partial charge is 0.227 e. The fourth-order valence-corrected chi connectivity index (χ4v) is 1.99. The Labute approximate surface area is 98.3 Å². The second kappa shape index (κ2) is 4.52. The molecule has 1 amide bonds. The number of carbonyl (C=O) groups excluding carboxylic acids is 1. The molecule has 1 fully saturated rings. The maximum atomic E-state index is 11.3. The van der Waals surface area contributed by atoms with Gasteiger partial charge in [0, 0.05) is 12.5 Å². The summed E-state index contributed by atoms with van der Waals surface area (Å²) in [6.07, 6.45) is -1.50. The van der Waals surface area contributed by atoms with Crippen molar-refractivity contribution in [2.24, 2.45) is 5.92 Å². The molecule has 17 heavy (non-hydrogen) atoms. The predicted octanol–water partition coefficient (Wildman–Crippen LogP) is -1.16. The maximum Gasteiger partial charge on any atom is 0.227 e. The Bertz CT molecular complexity index is 357. The first kappa shape index (κ1) is 12.2. The summed E-state index contributed by atoms with van der Waals surface area (Å²) in [6.45, 7) is 1.70. The molecule has 0 bridgehead atoms. The van der Waals surface area contributed by atoms with Gasteiger partial charge in [-0.2, -0.15) is 0 Å². The standard InChI is InChI=1S/C10H16N2O5/c1-5-3-12(10(16)11-9(5)15)8-2-6(14)7(4-13)17-8/h5,8,10,13-14,16H,2-4H2,1H3,(H,11,15)/t5?,8-,10?/m1/s1. The van der Waals surface area contributed by atoms with Crippen molar-refractivity contribution in [3.05, 3.63) is 11.5 Å². The summed E-state index contributed by atoms with van der Waals surface area (Å²) in [6, 6.07) is 0. The van der Waals surface area contributed by atoms with E-state index < -0.39 is 12.6 Å². The van der Waals surface area contributed by atoms with Crippen LogP contribution in [0.25, 0.3) is 0 Å². The lowest BCUT2D eigenvalue weighted by Gasteiger charge is -2.38. The van der Waals surface area contributed by atoms with Crippen molar-refractivity contribution in [1.82, 2.24) is 10.2 Å². The summed E-state index contributed by atoms with van der Waals surface area (Å²) >= 11 is 0. The van der Waals surface area contributed by atoms with E-state index in [0.29, 0.717) is 6.54 Å². The molecule has 3 atom stereocenters. The van der Waals surface area contributed by atoms with E-state index in [-0.39, 0.29) is 36.4 Å². The van der Waals surface area contributed by atoms with Crippen LogP contribution in [0, 0.1) is 5.92 Å². The zero-order chi connectivity index (χ0) is 12.6. The highest BCUT2D eigenvalue weighted by atomic mass is 16.5. The zero-order valence-electron chi connectivity index (χ0n) is 9.46. The van der Waals surface area contributed by atoms with Crippen molar-refractivity contribution >= 4 is 5.91 Å². The molecule has 0 aromatic heterocycles. The average Bonchev–Trinajstić information content (AvgIpc) is 2.65. The molecule has 4 N–H and O–H groups in total. The van der Waals surface area contributed by atoms with Gasteiger partial charge in [-0.3, -0.25) is 4.79 Å². The number of aliphatic hydroxyl groups is 3. The number of aliphatic hydroxyl groups excluding tert-OH is 3. The van der Waals surface area contributed by atoms with Gasteiger partial charge in [-0.05, 0) is 0 Å². The highest BCUT2D eigenvalue weighted by Crippen LogP contribution is 2.27. The number of hydrogen-bond donors (Lipinski definition) is 4. The number of amides is 1. The molecular formula is C10H16N2O5. The third-order valence-corrected chi connectivity index (χ3v) is 3.00. The normalized spacial score (nSPS) is 34.8. The van der Waals surface area contributed by atoms with E-state index in [4.69, 9.17) is 9.84 Å². The molecule has 0 aliphatic carbocycles. The van der Waals surface area contributed by atoms with Crippen LogP contribution in [0.15, 0.2) is 11.5 Å². The monoisotopic (exact) mass is 244 g/mol. The van der Waals surface area contributed by atoms with Crippen molar-refractivity contribution in [1.29, 1.82) is 0 Å². The molecule has 2 unspecified atom stereocenters. The van der Waals surface area contributed by atoms with E-state index in [9.17, 15) is 15.0 Å². The molecule has 0 aromatic carbocycles. The summed E-state index contributed by atoms with van der Waals surface area (Å²) in [7, 11) is 0. The van der Waals surface area contributed by atoms with E-state index in [1.807, 2.05) is 0 Å². The predicted molar refractivity (Wildman–Crippen MR) is 56.3 cm³/mol. The van der Waals surface area contributed by atoms with E-state index in [2.05, 4.69) is 5.32 Å². The fourth-order valence-electron chi connectivity index (χ4n) is 1.99. The Morgan fingerprint density at radius 1 is 1.59 bits per heavy atom. The van der Waals surface area contributed by atoms with E-state index >= 15 is 0 Å². The van der Waals surface area contributed by atoms with Crippen molar-refractivity contribution < 1.29 is 24.9 Å². The Kier molecular flexibility index (Phi) is 3.23. The lowest BCUT2D eigenvalue weighted by molar-refractivity contribution is -0.163. The lowest BCUT2D eigenvalue weighted by Crippen LogP contribution is -2.60. The minimum Gasteiger partial charge on any atom is -0.509 e. The van der Waals surface area contributed by atoms with Crippen LogP contribution in [0.4, 0.5) is 0 Å². The SMILES string of the molecule is CC1CN([C@H]2CC(O)=C(CO)O2)C(O)NC1=O. The summed E-state index contributed by atoms with van der Waals surface area (Å²) in [5, 5.41) is 30.5. The molecule has 2 heterocycles. The quantitative estimate of drug-likeness (QED) is 0.488. The van der Waals surface area contributed by atoms with Crippen LogP contribution in [0.5, 0.6) is 0 Å². The number of nitrogens with one attached hydrogen (secondary N) is 1. The molecule has 0 radical (unpaired) electrons. The highest BCUT2D eigenvalue weighted by molar-refractivity contribution is 5.79. The molecule has 0 spiro atoms. The molecule has 0 aromatic rings. The molecule has 1 saturated heterocycles.